The summed E-state index contributed by atoms with van der Waals surface area (Å²) >= 11 is 0. The van der Waals surface area contributed by atoms with Crippen molar-refractivity contribution < 1.29 is 4.79 Å². The summed E-state index contributed by atoms with van der Waals surface area (Å²) in [6, 6.07) is 16.3. The highest BCUT2D eigenvalue weighted by molar-refractivity contribution is 6.10. The molecule has 1 aliphatic heterocycles. The Morgan fingerprint density at radius 3 is 2.35 bits per heavy atom. The second kappa shape index (κ2) is 11.2. The first kappa shape index (κ1) is 23.2. The second-order valence-corrected chi connectivity index (χ2v) is 8.72. The third-order valence-corrected chi connectivity index (χ3v) is 5.92. The molecular formula is C26H36N4O. The van der Waals surface area contributed by atoms with E-state index >= 15 is 0 Å². The van der Waals surface area contributed by atoms with Crippen LogP contribution in [0.4, 0.5) is 5.69 Å². The van der Waals surface area contributed by atoms with Crippen LogP contribution < -0.4 is 4.90 Å². The summed E-state index contributed by atoms with van der Waals surface area (Å²) in [6.45, 7) is 7.11. The van der Waals surface area contributed by atoms with Gasteiger partial charge in [-0.25, -0.2) is 0 Å². The van der Waals surface area contributed by atoms with Crippen LogP contribution in [0.2, 0.25) is 0 Å². The highest BCUT2D eigenvalue weighted by atomic mass is 16.1. The zero-order chi connectivity index (χ0) is 22.2. The molecular weight excluding hydrogens is 384 g/mol. The molecule has 0 radical (unpaired) electrons. The predicted molar refractivity (Wildman–Crippen MR) is 131 cm³/mol. The van der Waals surface area contributed by atoms with Crippen LogP contribution in [-0.2, 0) is 6.54 Å². The molecule has 5 heteroatoms. The molecule has 2 aromatic rings. The van der Waals surface area contributed by atoms with Gasteiger partial charge in [0, 0.05) is 64.1 Å². The third-order valence-electron chi connectivity index (χ3n) is 5.92. The molecule has 0 aliphatic carbocycles. The van der Waals surface area contributed by atoms with Gasteiger partial charge in [0.1, 0.15) is 0 Å². The number of carbonyl (C=O) groups excluding carboxylic acids is 1. The Hall–Kier alpha value is -2.47. The molecule has 1 aliphatic rings. The van der Waals surface area contributed by atoms with E-state index < -0.39 is 0 Å². The standard InChI is InChI=1S/C26H36N4O/c1-27(2)15-18-29(4)25-12-8-7-11-24(25)26(31)14-13-22-9-5-6-10-23(22)21-30-19-16-28(3)17-20-30/h5-14H,15-21H2,1-4H3. The van der Waals surface area contributed by atoms with Crippen LogP contribution in [0, 0.1) is 0 Å². The van der Waals surface area contributed by atoms with Crippen molar-refractivity contribution in [3.8, 4) is 0 Å². The first-order chi connectivity index (χ1) is 14.9. The summed E-state index contributed by atoms with van der Waals surface area (Å²) in [6.07, 6.45) is 3.70. The highest BCUT2D eigenvalue weighted by Gasteiger charge is 2.15. The van der Waals surface area contributed by atoms with Crippen LogP contribution in [0.5, 0.6) is 0 Å². The molecule has 0 unspecified atom stereocenters. The molecule has 0 spiro atoms. The van der Waals surface area contributed by atoms with E-state index in [0.29, 0.717) is 0 Å². The SMILES string of the molecule is CN(C)CCN(C)c1ccccc1C(=O)C=Cc1ccccc1CN1CCN(C)CC1. The predicted octanol–water partition coefficient (Wildman–Crippen LogP) is 3.33. The number of hydrogen-bond acceptors (Lipinski definition) is 5. The minimum absolute atomic E-state index is 0.0432. The summed E-state index contributed by atoms with van der Waals surface area (Å²) < 4.78 is 0. The van der Waals surface area contributed by atoms with Crippen molar-refractivity contribution in [1.82, 2.24) is 14.7 Å². The quantitative estimate of drug-likeness (QED) is 0.459. The molecule has 1 heterocycles. The fraction of sp³-hybridized carbons (Fsp3) is 0.423. The van der Waals surface area contributed by atoms with Crippen LogP contribution in [0.1, 0.15) is 21.5 Å². The van der Waals surface area contributed by atoms with E-state index in [-0.39, 0.29) is 5.78 Å². The lowest BCUT2D eigenvalue weighted by molar-refractivity contribution is 0.104. The second-order valence-electron chi connectivity index (χ2n) is 8.72. The van der Waals surface area contributed by atoms with Crippen molar-refractivity contribution in [1.29, 1.82) is 0 Å². The monoisotopic (exact) mass is 420 g/mol. The molecule has 0 atom stereocenters. The molecule has 0 aromatic heterocycles. The van der Waals surface area contributed by atoms with Crippen molar-refractivity contribution in [2.75, 3.05) is 72.4 Å². The van der Waals surface area contributed by atoms with Crippen LogP contribution in [0.15, 0.2) is 54.6 Å². The first-order valence-corrected chi connectivity index (χ1v) is 11.1. The zero-order valence-corrected chi connectivity index (χ0v) is 19.4. The van der Waals surface area contributed by atoms with Gasteiger partial charge in [0.25, 0.3) is 0 Å². The summed E-state index contributed by atoms with van der Waals surface area (Å²) in [5.74, 6) is 0.0432. The minimum atomic E-state index is 0.0432. The highest BCUT2D eigenvalue weighted by Crippen LogP contribution is 2.21. The normalized spacial score (nSPS) is 15.6. The lowest BCUT2D eigenvalue weighted by Crippen LogP contribution is -2.43. The molecule has 5 nitrogen and oxygen atoms in total. The fourth-order valence-electron chi connectivity index (χ4n) is 3.83. The number of benzene rings is 2. The largest absolute Gasteiger partial charge is 0.373 e. The van der Waals surface area contributed by atoms with Crippen molar-refractivity contribution in [2.45, 2.75) is 6.54 Å². The number of hydrogen-bond donors (Lipinski definition) is 0. The van der Waals surface area contributed by atoms with Crippen molar-refractivity contribution >= 4 is 17.5 Å². The zero-order valence-electron chi connectivity index (χ0n) is 19.4. The molecule has 0 saturated carbocycles. The van der Waals surface area contributed by atoms with Gasteiger partial charge in [-0.1, -0.05) is 42.5 Å². The van der Waals surface area contributed by atoms with Gasteiger partial charge in [-0.05, 0) is 50.5 Å². The summed E-state index contributed by atoms with van der Waals surface area (Å²) in [5.41, 5.74) is 4.11. The fourth-order valence-corrected chi connectivity index (χ4v) is 3.83. The molecule has 31 heavy (non-hydrogen) atoms. The molecule has 166 valence electrons. The van der Waals surface area contributed by atoms with Crippen LogP contribution >= 0.6 is 0 Å². The summed E-state index contributed by atoms with van der Waals surface area (Å²) in [7, 11) is 8.35. The average Bonchev–Trinajstić information content (AvgIpc) is 2.78. The summed E-state index contributed by atoms with van der Waals surface area (Å²) in [4.78, 5) is 22.2. The van der Waals surface area contributed by atoms with E-state index in [0.717, 1.165) is 62.6 Å². The topological polar surface area (TPSA) is 30.0 Å². The van der Waals surface area contributed by atoms with E-state index in [2.05, 4.69) is 58.9 Å². The Kier molecular flexibility index (Phi) is 8.41. The lowest BCUT2D eigenvalue weighted by atomic mass is 10.0. The molecule has 1 fully saturated rings. The molecule has 1 saturated heterocycles. The Labute approximate surface area is 187 Å². The molecule has 0 bridgehead atoms. The van der Waals surface area contributed by atoms with Crippen molar-refractivity contribution in [3.63, 3.8) is 0 Å². The Balaban J connectivity index is 1.72. The number of allylic oxidation sites excluding steroid dienone is 1. The number of para-hydroxylation sites is 1. The van der Waals surface area contributed by atoms with Gasteiger partial charge in [-0.2, -0.15) is 0 Å². The summed E-state index contributed by atoms with van der Waals surface area (Å²) in [5, 5.41) is 0. The number of rotatable bonds is 9. The maximum absolute atomic E-state index is 13.1. The average molecular weight is 421 g/mol. The number of anilines is 1. The van der Waals surface area contributed by atoms with Gasteiger partial charge in [0.15, 0.2) is 5.78 Å². The van der Waals surface area contributed by atoms with Gasteiger partial charge in [-0.3, -0.25) is 9.69 Å². The molecule has 3 rings (SSSR count). The van der Waals surface area contributed by atoms with Crippen molar-refractivity contribution in [3.05, 3.63) is 71.3 Å². The Morgan fingerprint density at radius 1 is 0.935 bits per heavy atom. The van der Waals surface area contributed by atoms with Crippen molar-refractivity contribution in [2.24, 2.45) is 0 Å². The molecule has 2 aromatic carbocycles. The number of piperazine rings is 1. The van der Waals surface area contributed by atoms with Crippen LogP contribution in [0.25, 0.3) is 6.08 Å². The van der Waals surface area contributed by atoms with E-state index in [9.17, 15) is 4.79 Å². The van der Waals surface area contributed by atoms with Gasteiger partial charge in [0.2, 0.25) is 0 Å². The van der Waals surface area contributed by atoms with Gasteiger partial charge in [-0.15, -0.1) is 0 Å². The number of ketones is 1. The van der Waals surface area contributed by atoms with E-state index in [4.69, 9.17) is 0 Å². The van der Waals surface area contributed by atoms with Gasteiger partial charge in [0.05, 0.1) is 0 Å². The van der Waals surface area contributed by atoms with E-state index in [1.165, 1.54) is 5.56 Å². The molecule has 0 amide bonds. The first-order valence-electron chi connectivity index (χ1n) is 11.1. The van der Waals surface area contributed by atoms with Crippen LogP contribution in [-0.4, -0.2) is 87.9 Å². The lowest BCUT2D eigenvalue weighted by Gasteiger charge is -2.32. The smallest absolute Gasteiger partial charge is 0.187 e. The number of nitrogens with zero attached hydrogens (tertiary/aromatic N) is 4. The van der Waals surface area contributed by atoms with E-state index in [1.807, 2.05) is 43.5 Å². The van der Waals surface area contributed by atoms with Crippen LogP contribution in [0.3, 0.4) is 0 Å². The van der Waals surface area contributed by atoms with Gasteiger partial charge < -0.3 is 14.7 Å². The maximum Gasteiger partial charge on any atom is 0.187 e. The Morgan fingerprint density at radius 2 is 1.61 bits per heavy atom. The third kappa shape index (κ3) is 6.76. The number of likely N-dealkylation sites (N-methyl/N-ethyl adjacent to an activating group) is 3. The molecule has 0 N–H and O–H groups in total. The Bertz CT molecular complexity index is 884. The minimum Gasteiger partial charge on any atom is -0.373 e. The van der Waals surface area contributed by atoms with Gasteiger partial charge >= 0.3 is 0 Å². The van der Waals surface area contributed by atoms with E-state index in [1.54, 1.807) is 6.08 Å². The maximum atomic E-state index is 13.1. The number of carbonyl (C=O) groups is 1.